The summed E-state index contributed by atoms with van der Waals surface area (Å²) in [6.07, 6.45) is 2.45. The third-order valence-electron chi connectivity index (χ3n) is 4.11. The van der Waals surface area contributed by atoms with Gasteiger partial charge in [0.25, 0.3) is 0 Å². The smallest absolute Gasteiger partial charge is 0.227 e. The van der Waals surface area contributed by atoms with Crippen LogP contribution in [0.4, 0.5) is 5.13 Å². The molecule has 1 saturated heterocycles. The van der Waals surface area contributed by atoms with Gasteiger partial charge in [-0.05, 0) is 24.9 Å². The third kappa shape index (κ3) is 4.75. The van der Waals surface area contributed by atoms with Crippen molar-refractivity contribution in [2.45, 2.75) is 31.8 Å². The third-order valence-corrected chi connectivity index (χ3v) is 5.05. The van der Waals surface area contributed by atoms with Crippen molar-refractivity contribution in [2.24, 2.45) is 0 Å². The van der Waals surface area contributed by atoms with Gasteiger partial charge in [0, 0.05) is 26.2 Å². The standard InChI is InChI=1S/C17H23N5OS/c1-18-17-21-20-16(24-17)10-15(23)19-14-8-5-9-22(12-14)11-13-6-3-2-4-7-13/h2-4,6-7,14H,5,8-12H2,1H3,(H,18,21)(H,19,23). The van der Waals surface area contributed by atoms with Crippen LogP contribution in [0, 0.1) is 0 Å². The number of hydrogen-bond acceptors (Lipinski definition) is 6. The van der Waals surface area contributed by atoms with E-state index in [1.807, 2.05) is 6.07 Å². The summed E-state index contributed by atoms with van der Waals surface area (Å²) in [5.41, 5.74) is 1.32. The van der Waals surface area contributed by atoms with Crippen LogP contribution in [0.2, 0.25) is 0 Å². The van der Waals surface area contributed by atoms with Gasteiger partial charge in [0.15, 0.2) is 0 Å². The zero-order chi connectivity index (χ0) is 16.8. The molecule has 128 valence electrons. The van der Waals surface area contributed by atoms with Gasteiger partial charge in [-0.3, -0.25) is 9.69 Å². The molecule has 1 atom stereocenters. The van der Waals surface area contributed by atoms with Gasteiger partial charge >= 0.3 is 0 Å². The Balaban J connectivity index is 1.48. The lowest BCUT2D eigenvalue weighted by atomic mass is 10.0. The van der Waals surface area contributed by atoms with Gasteiger partial charge in [0.05, 0.1) is 6.42 Å². The van der Waals surface area contributed by atoms with Crippen molar-refractivity contribution in [1.82, 2.24) is 20.4 Å². The molecule has 2 heterocycles. The van der Waals surface area contributed by atoms with E-state index >= 15 is 0 Å². The average Bonchev–Trinajstić information content (AvgIpc) is 3.03. The van der Waals surface area contributed by atoms with Crippen LogP contribution in [0.3, 0.4) is 0 Å². The minimum Gasteiger partial charge on any atom is -0.363 e. The molecule has 2 aromatic rings. The van der Waals surface area contributed by atoms with Crippen molar-refractivity contribution in [2.75, 3.05) is 25.5 Å². The maximum absolute atomic E-state index is 12.2. The molecular formula is C17H23N5OS. The molecule has 24 heavy (non-hydrogen) atoms. The van der Waals surface area contributed by atoms with E-state index in [2.05, 4.69) is 50.0 Å². The Bertz CT molecular complexity index is 660. The summed E-state index contributed by atoms with van der Waals surface area (Å²) in [6, 6.07) is 10.7. The molecule has 2 N–H and O–H groups in total. The van der Waals surface area contributed by atoms with Gasteiger partial charge in [-0.15, -0.1) is 10.2 Å². The Morgan fingerprint density at radius 3 is 2.92 bits per heavy atom. The number of benzene rings is 1. The molecular weight excluding hydrogens is 322 g/mol. The number of nitrogens with one attached hydrogen (secondary N) is 2. The Kier molecular flexibility index (Phi) is 5.77. The van der Waals surface area contributed by atoms with Gasteiger partial charge in [-0.25, -0.2) is 0 Å². The summed E-state index contributed by atoms with van der Waals surface area (Å²) in [5.74, 6) is 0.0281. The molecule has 3 rings (SSSR count). The highest BCUT2D eigenvalue weighted by Crippen LogP contribution is 2.16. The number of hydrogen-bond donors (Lipinski definition) is 2. The van der Waals surface area contributed by atoms with E-state index < -0.39 is 0 Å². The van der Waals surface area contributed by atoms with Crippen LogP contribution < -0.4 is 10.6 Å². The summed E-state index contributed by atoms with van der Waals surface area (Å²) in [4.78, 5) is 14.6. The number of likely N-dealkylation sites (tertiary alicyclic amines) is 1. The molecule has 1 fully saturated rings. The number of piperidine rings is 1. The molecule has 0 aliphatic carbocycles. The Morgan fingerprint density at radius 1 is 1.33 bits per heavy atom. The lowest BCUT2D eigenvalue weighted by molar-refractivity contribution is -0.121. The lowest BCUT2D eigenvalue weighted by Gasteiger charge is -2.33. The van der Waals surface area contributed by atoms with Gasteiger partial charge in [0.1, 0.15) is 5.01 Å². The molecule has 1 aromatic heterocycles. The topological polar surface area (TPSA) is 70.1 Å². The van der Waals surface area contributed by atoms with E-state index in [0.717, 1.165) is 42.6 Å². The molecule has 0 saturated carbocycles. The maximum Gasteiger partial charge on any atom is 0.227 e. The predicted molar refractivity (Wildman–Crippen MR) is 96.0 cm³/mol. The van der Waals surface area contributed by atoms with Crippen LogP contribution in [-0.4, -0.2) is 47.2 Å². The van der Waals surface area contributed by atoms with E-state index in [4.69, 9.17) is 0 Å². The minimum atomic E-state index is 0.0281. The first-order chi connectivity index (χ1) is 11.7. The number of nitrogens with zero attached hydrogens (tertiary/aromatic N) is 3. The Morgan fingerprint density at radius 2 is 2.17 bits per heavy atom. The van der Waals surface area contributed by atoms with Crippen molar-refractivity contribution < 1.29 is 4.79 Å². The zero-order valence-corrected chi connectivity index (χ0v) is 14.7. The second kappa shape index (κ2) is 8.21. The van der Waals surface area contributed by atoms with Crippen LogP contribution in [0.1, 0.15) is 23.4 Å². The van der Waals surface area contributed by atoms with E-state index in [1.54, 1.807) is 7.05 Å². The molecule has 1 aromatic carbocycles. The van der Waals surface area contributed by atoms with Gasteiger partial charge < -0.3 is 10.6 Å². The second-order valence-electron chi connectivity index (χ2n) is 6.06. The Labute approximate surface area is 146 Å². The first kappa shape index (κ1) is 16.9. The molecule has 1 aliphatic heterocycles. The van der Waals surface area contributed by atoms with Crippen LogP contribution in [0.15, 0.2) is 30.3 Å². The molecule has 1 unspecified atom stereocenters. The average molecular weight is 345 g/mol. The summed E-state index contributed by atoms with van der Waals surface area (Å²) >= 11 is 1.42. The maximum atomic E-state index is 12.2. The van der Waals surface area contributed by atoms with Gasteiger partial charge in [-0.2, -0.15) is 0 Å². The highest BCUT2D eigenvalue weighted by atomic mass is 32.1. The van der Waals surface area contributed by atoms with Crippen LogP contribution in [0.5, 0.6) is 0 Å². The van der Waals surface area contributed by atoms with Gasteiger partial charge in [0.2, 0.25) is 11.0 Å². The van der Waals surface area contributed by atoms with E-state index in [-0.39, 0.29) is 11.9 Å². The number of amides is 1. The summed E-state index contributed by atoms with van der Waals surface area (Å²) in [7, 11) is 1.80. The molecule has 0 bridgehead atoms. The second-order valence-corrected chi connectivity index (χ2v) is 7.12. The largest absolute Gasteiger partial charge is 0.363 e. The number of carbonyl (C=O) groups is 1. The predicted octanol–water partition coefficient (Wildman–Crippen LogP) is 1.90. The van der Waals surface area contributed by atoms with Crippen molar-refractivity contribution >= 4 is 22.4 Å². The van der Waals surface area contributed by atoms with Crippen molar-refractivity contribution in [3.8, 4) is 0 Å². The highest BCUT2D eigenvalue weighted by molar-refractivity contribution is 7.15. The van der Waals surface area contributed by atoms with E-state index in [1.165, 1.54) is 16.9 Å². The zero-order valence-electron chi connectivity index (χ0n) is 13.9. The molecule has 6 nitrogen and oxygen atoms in total. The van der Waals surface area contributed by atoms with Gasteiger partial charge in [-0.1, -0.05) is 41.7 Å². The molecule has 0 spiro atoms. The van der Waals surface area contributed by atoms with E-state index in [0.29, 0.717) is 6.42 Å². The fourth-order valence-electron chi connectivity index (χ4n) is 3.00. The fraction of sp³-hybridized carbons (Fsp3) is 0.471. The first-order valence-corrected chi connectivity index (χ1v) is 9.10. The summed E-state index contributed by atoms with van der Waals surface area (Å²) < 4.78 is 0. The quantitative estimate of drug-likeness (QED) is 0.837. The molecule has 1 aliphatic rings. The first-order valence-electron chi connectivity index (χ1n) is 8.28. The lowest BCUT2D eigenvalue weighted by Crippen LogP contribution is -2.47. The van der Waals surface area contributed by atoms with Crippen LogP contribution >= 0.6 is 11.3 Å². The SMILES string of the molecule is CNc1nnc(CC(=O)NC2CCCN(Cc3ccccc3)C2)s1. The molecule has 0 radical (unpaired) electrons. The van der Waals surface area contributed by atoms with E-state index in [9.17, 15) is 4.79 Å². The highest BCUT2D eigenvalue weighted by Gasteiger charge is 2.22. The number of aromatic nitrogens is 2. The van der Waals surface area contributed by atoms with Crippen molar-refractivity contribution in [3.63, 3.8) is 0 Å². The molecule has 1 amide bonds. The Hall–Kier alpha value is -1.99. The van der Waals surface area contributed by atoms with Crippen LogP contribution in [-0.2, 0) is 17.8 Å². The monoisotopic (exact) mass is 345 g/mol. The summed E-state index contributed by atoms with van der Waals surface area (Å²) in [5, 5.41) is 15.6. The minimum absolute atomic E-state index is 0.0281. The van der Waals surface area contributed by atoms with Crippen molar-refractivity contribution in [1.29, 1.82) is 0 Å². The van der Waals surface area contributed by atoms with Crippen LogP contribution in [0.25, 0.3) is 0 Å². The fourth-order valence-corrected chi connectivity index (χ4v) is 3.69. The summed E-state index contributed by atoms with van der Waals surface area (Å²) in [6.45, 7) is 2.93. The number of rotatable bonds is 6. The normalized spacial score (nSPS) is 18.3. The number of carbonyl (C=O) groups excluding carboxylic acids is 1. The van der Waals surface area contributed by atoms with Crippen molar-refractivity contribution in [3.05, 3.63) is 40.9 Å². The molecule has 7 heteroatoms. The number of anilines is 1.